The number of aromatic nitrogens is 1. The van der Waals surface area contributed by atoms with E-state index >= 15 is 0 Å². The van der Waals surface area contributed by atoms with E-state index in [0.717, 1.165) is 10.9 Å². The third kappa shape index (κ3) is 2.00. The molecule has 1 amide bonds. The number of fused-ring (bicyclic) bond motifs is 1. The van der Waals surface area contributed by atoms with E-state index in [2.05, 4.69) is 5.32 Å². The Balaban J connectivity index is 2.42. The first-order chi connectivity index (χ1) is 8.13. The van der Waals surface area contributed by atoms with E-state index in [4.69, 9.17) is 5.26 Å². The Morgan fingerprint density at radius 2 is 2.24 bits per heavy atom. The van der Waals surface area contributed by atoms with E-state index in [1.165, 1.54) is 0 Å². The average molecular weight is 227 g/mol. The lowest BCUT2D eigenvalue weighted by Crippen LogP contribution is -2.31. The molecule has 1 aromatic heterocycles. The molecule has 0 fully saturated rings. The number of hydrogen-bond acceptors (Lipinski definition) is 2. The van der Waals surface area contributed by atoms with Crippen molar-refractivity contribution in [3.63, 3.8) is 0 Å². The molecule has 1 atom stereocenters. The maximum atomic E-state index is 12.0. The number of nitrogens with zero attached hydrogens (tertiary/aromatic N) is 2. The van der Waals surface area contributed by atoms with Gasteiger partial charge in [0.25, 0.3) is 5.91 Å². The zero-order chi connectivity index (χ0) is 12.4. The second-order valence-electron chi connectivity index (χ2n) is 3.99. The summed E-state index contributed by atoms with van der Waals surface area (Å²) in [5.74, 6) is -0.212. The first-order valence-corrected chi connectivity index (χ1v) is 5.38. The van der Waals surface area contributed by atoms with Crippen LogP contribution in [0.15, 0.2) is 30.5 Å². The van der Waals surface area contributed by atoms with Crippen LogP contribution >= 0.6 is 0 Å². The summed E-state index contributed by atoms with van der Waals surface area (Å²) in [7, 11) is 1.93. The predicted molar refractivity (Wildman–Crippen MR) is 65.5 cm³/mol. The van der Waals surface area contributed by atoms with Crippen LogP contribution in [-0.2, 0) is 7.05 Å². The molecule has 0 radical (unpaired) electrons. The fourth-order valence-electron chi connectivity index (χ4n) is 1.81. The lowest BCUT2D eigenvalue weighted by Gasteiger charge is -2.07. The minimum Gasteiger partial charge on any atom is -0.351 e. The maximum absolute atomic E-state index is 12.0. The van der Waals surface area contributed by atoms with Crippen LogP contribution in [0, 0.1) is 11.3 Å². The third-order valence-corrected chi connectivity index (χ3v) is 2.71. The van der Waals surface area contributed by atoms with Gasteiger partial charge in [0.1, 0.15) is 6.04 Å². The van der Waals surface area contributed by atoms with Crippen molar-refractivity contribution in [3.05, 3.63) is 36.0 Å². The van der Waals surface area contributed by atoms with Gasteiger partial charge < -0.3 is 9.88 Å². The molecule has 0 aliphatic carbocycles. The molecule has 4 heteroatoms. The first kappa shape index (κ1) is 11.2. The highest BCUT2D eigenvalue weighted by molar-refractivity contribution is 6.06. The highest BCUT2D eigenvalue weighted by Gasteiger charge is 2.13. The zero-order valence-corrected chi connectivity index (χ0v) is 9.77. The van der Waals surface area contributed by atoms with Gasteiger partial charge in [0.2, 0.25) is 0 Å². The van der Waals surface area contributed by atoms with Gasteiger partial charge in [-0.15, -0.1) is 0 Å². The number of benzene rings is 1. The van der Waals surface area contributed by atoms with Crippen LogP contribution in [0.2, 0.25) is 0 Å². The van der Waals surface area contributed by atoms with Crippen molar-refractivity contribution >= 4 is 16.8 Å². The molecule has 1 heterocycles. The van der Waals surface area contributed by atoms with Gasteiger partial charge >= 0.3 is 0 Å². The Bertz CT molecular complexity index is 607. The summed E-state index contributed by atoms with van der Waals surface area (Å²) in [5, 5.41) is 12.2. The van der Waals surface area contributed by atoms with Gasteiger partial charge in [0.15, 0.2) is 0 Å². The lowest BCUT2D eigenvalue weighted by molar-refractivity contribution is 0.0949. The topological polar surface area (TPSA) is 57.8 Å². The Labute approximate surface area is 99.5 Å². The number of carbonyl (C=O) groups excluding carboxylic acids is 1. The van der Waals surface area contributed by atoms with Gasteiger partial charge in [0, 0.05) is 29.7 Å². The fourth-order valence-corrected chi connectivity index (χ4v) is 1.81. The van der Waals surface area contributed by atoms with Crippen molar-refractivity contribution in [2.45, 2.75) is 13.0 Å². The molecule has 86 valence electrons. The minimum atomic E-state index is -0.485. The summed E-state index contributed by atoms with van der Waals surface area (Å²) >= 11 is 0. The SMILES string of the molecule is C[C@H](C#N)NC(=O)c1cccc2c1ccn2C. The van der Waals surface area contributed by atoms with Crippen molar-refractivity contribution in [1.82, 2.24) is 9.88 Å². The Kier molecular flexibility index (Phi) is 2.84. The number of carbonyl (C=O) groups is 1. The van der Waals surface area contributed by atoms with Crippen molar-refractivity contribution in [3.8, 4) is 6.07 Å². The molecule has 0 saturated heterocycles. The molecule has 1 aromatic carbocycles. The molecular formula is C13H13N3O. The molecule has 0 aliphatic heterocycles. The maximum Gasteiger partial charge on any atom is 0.252 e. The molecule has 0 aliphatic rings. The molecule has 0 saturated carbocycles. The average Bonchev–Trinajstić information content (AvgIpc) is 2.71. The summed E-state index contributed by atoms with van der Waals surface area (Å²) in [6.07, 6.45) is 1.91. The molecule has 0 bridgehead atoms. The molecule has 0 spiro atoms. The van der Waals surface area contributed by atoms with Crippen LogP contribution < -0.4 is 5.32 Å². The number of amides is 1. The van der Waals surface area contributed by atoms with Gasteiger partial charge in [-0.05, 0) is 25.1 Å². The first-order valence-electron chi connectivity index (χ1n) is 5.38. The molecule has 2 rings (SSSR count). The van der Waals surface area contributed by atoms with Crippen molar-refractivity contribution in [2.75, 3.05) is 0 Å². The number of nitriles is 1. The van der Waals surface area contributed by atoms with Crippen molar-refractivity contribution in [2.24, 2.45) is 7.05 Å². The highest BCUT2D eigenvalue weighted by Crippen LogP contribution is 2.19. The summed E-state index contributed by atoms with van der Waals surface area (Å²) in [6, 6.07) is 8.97. The highest BCUT2D eigenvalue weighted by atomic mass is 16.1. The molecule has 17 heavy (non-hydrogen) atoms. The van der Waals surface area contributed by atoms with E-state index < -0.39 is 6.04 Å². The van der Waals surface area contributed by atoms with Crippen molar-refractivity contribution in [1.29, 1.82) is 5.26 Å². The molecule has 1 N–H and O–H groups in total. The summed E-state index contributed by atoms with van der Waals surface area (Å²) in [6.45, 7) is 1.66. The normalized spacial score (nSPS) is 12.1. The summed E-state index contributed by atoms with van der Waals surface area (Å²) in [4.78, 5) is 12.0. The van der Waals surface area contributed by atoms with Crippen LogP contribution in [0.25, 0.3) is 10.9 Å². The summed E-state index contributed by atoms with van der Waals surface area (Å²) < 4.78 is 1.96. The fraction of sp³-hybridized carbons (Fsp3) is 0.231. The lowest BCUT2D eigenvalue weighted by atomic mass is 10.1. The molecule has 2 aromatic rings. The van der Waals surface area contributed by atoms with E-state index in [0.29, 0.717) is 5.56 Å². The van der Waals surface area contributed by atoms with E-state index in [1.54, 1.807) is 13.0 Å². The second kappa shape index (κ2) is 4.30. The van der Waals surface area contributed by atoms with Crippen LogP contribution in [0.4, 0.5) is 0 Å². The van der Waals surface area contributed by atoms with Crippen molar-refractivity contribution < 1.29 is 4.79 Å². The van der Waals surface area contributed by atoms with Gasteiger partial charge in [-0.2, -0.15) is 5.26 Å². The van der Waals surface area contributed by atoms with Crippen LogP contribution in [0.3, 0.4) is 0 Å². The predicted octanol–water partition coefficient (Wildman–Crippen LogP) is 1.82. The van der Waals surface area contributed by atoms with Crippen LogP contribution in [0.1, 0.15) is 17.3 Å². The summed E-state index contributed by atoms with van der Waals surface area (Å²) in [5.41, 5.74) is 1.60. The molecule has 4 nitrogen and oxygen atoms in total. The Morgan fingerprint density at radius 3 is 2.94 bits per heavy atom. The number of nitrogens with one attached hydrogen (secondary N) is 1. The monoisotopic (exact) mass is 227 g/mol. The van der Waals surface area contributed by atoms with Gasteiger partial charge in [-0.25, -0.2) is 0 Å². The van der Waals surface area contributed by atoms with Gasteiger partial charge in [-0.1, -0.05) is 6.07 Å². The van der Waals surface area contributed by atoms with Crippen LogP contribution in [-0.4, -0.2) is 16.5 Å². The standard InChI is InChI=1S/C13H13N3O/c1-9(8-14)15-13(17)11-4-3-5-12-10(11)6-7-16(12)2/h3-7,9H,1-2H3,(H,15,17)/t9-/m1/s1. The largest absolute Gasteiger partial charge is 0.351 e. The quantitative estimate of drug-likeness (QED) is 0.850. The number of aryl methyl sites for hydroxylation is 1. The molecule has 0 unspecified atom stereocenters. The second-order valence-corrected chi connectivity index (χ2v) is 3.99. The van der Waals surface area contributed by atoms with Crippen LogP contribution in [0.5, 0.6) is 0 Å². The van der Waals surface area contributed by atoms with E-state index in [9.17, 15) is 4.79 Å². The third-order valence-electron chi connectivity index (χ3n) is 2.71. The Morgan fingerprint density at radius 1 is 1.47 bits per heavy atom. The number of rotatable bonds is 2. The number of hydrogen-bond donors (Lipinski definition) is 1. The van der Waals surface area contributed by atoms with Gasteiger partial charge in [0.05, 0.1) is 6.07 Å². The minimum absolute atomic E-state index is 0.212. The Hall–Kier alpha value is -2.28. The van der Waals surface area contributed by atoms with E-state index in [1.807, 2.05) is 42.1 Å². The smallest absolute Gasteiger partial charge is 0.252 e. The van der Waals surface area contributed by atoms with E-state index in [-0.39, 0.29) is 5.91 Å². The zero-order valence-electron chi connectivity index (χ0n) is 9.77. The van der Waals surface area contributed by atoms with Gasteiger partial charge in [-0.3, -0.25) is 4.79 Å². The molecular weight excluding hydrogens is 214 g/mol.